The second-order valence-corrected chi connectivity index (χ2v) is 11.0. The number of hydrogen-bond donors (Lipinski definition) is 0. The van der Waals surface area contributed by atoms with Crippen LogP contribution in [-0.2, 0) is 21.1 Å². The number of nitrogens with zero attached hydrogens (tertiary/aromatic N) is 2. The summed E-state index contributed by atoms with van der Waals surface area (Å²) < 4.78 is 30.4. The topological polar surface area (TPSA) is 80.5 Å². The summed E-state index contributed by atoms with van der Waals surface area (Å²) in [6.07, 6.45) is 4.42. The maximum Gasteiger partial charge on any atom is 0.236 e. The number of aromatic nitrogens is 1. The van der Waals surface area contributed by atoms with Gasteiger partial charge in [-0.05, 0) is 31.2 Å². The summed E-state index contributed by atoms with van der Waals surface area (Å²) in [4.78, 5) is 20.1. The molecule has 8 heteroatoms. The summed E-state index contributed by atoms with van der Waals surface area (Å²) in [7, 11) is -3.15. The molecule has 2 fully saturated rings. The predicted molar refractivity (Wildman–Crippen MR) is 104 cm³/mol. The SMILES string of the molecule is Cc1oc(-c2cccs2)nc1CC(=O)N1CCS(=O)(=O)C2(CCCCC2)C1. The maximum absolute atomic E-state index is 12.9. The molecular formula is C19H24N2O4S2. The summed E-state index contributed by atoms with van der Waals surface area (Å²) in [6, 6.07) is 3.87. The van der Waals surface area contributed by atoms with Gasteiger partial charge in [-0.2, -0.15) is 0 Å². The number of thiophene rings is 1. The summed E-state index contributed by atoms with van der Waals surface area (Å²) >= 11 is 1.54. The minimum atomic E-state index is -3.15. The maximum atomic E-state index is 12.9. The molecule has 0 bridgehead atoms. The number of hydrogen-bond acceptors (Lipinski definition) is 6. The Balaban J connectivity index is 1.50. The van der Waals surface area contributed by atoms with Crippen molar-refractivity contribution in [3.63, 3.8) is 0 Å². The van der Waals surface area contributed by atoms with Crippen molar-refractivity contribution in [3.05, 3.63) is 29.0 Å². The van der Waals surface area contributed by atoms with Crippen LogP contribution in [0.15, 0.2) is 21.9 Å². The highest BCUT2D eigenvalue weighted by molar-refractivity contribution is 7.92. The Morgan fingerprint density at radius 3 is 2.81 bits per heavy atom. The van der Waals surface area contributed by atoms with Crippen LogP contribution >= 0.6 is 11.3 Å². The Labute approximate surface area is 163 Å². The average molecular weight is 409 g/mol. The third kappa shape index (κ3) is 3.45. The predicted octanol–water partition coefficient (Wildman–Crippen LogP) is 3.21. The van der Waals surface area contributed by atoms with E-state index in [4.69, 9.17) is 4.42 Å². The fraction of sp³-hybridized carbons (Fsp3) is 0.579. The van der Waals surface area contributed by atoms with Gasteiger partial charge < -0.3 is 9.32 Å². The molecule has 1 aliphatic heterocycles. The molecular weight excluding hydrogens is 384 g/mol. The minimum Gasteiger partial charge on any atom is -0.440 e. The van der Waals surface area contributed by atoms with E-state index in [1.807, 2.05) is 24.4 Å². The van der Waals surface area contributed by atoms with Gasteiger partial charge in [0, 0.05) is 13.1 Å². The van der Waals surface area contributed by atoms with Gasteiger partial charge in [0.05, 0.1) is 27.5 Å². The number of sulfone groups is 1. The molecule has 3 heterocycles. The van der Waals surface area contributed by atoms with Crippen molar-refractivity contribution in [2.45, 2.75) is 50.2 Å². The highest BCUT2D eigenvalue weighted by atomic mass is 32.2. The zero-order valence-corrected chi connectivity index (χ0v) is 17.1. The monoisotopic (exact) mass is 408 g/mol. The largest absolute Gasteiger partial charge is 0.440 e. The van der Waals surface area contributed by atoms with Crippen molar-refractivity contribution in [1.29, 1.82) is 0 Å². The molecule has 1 saturated heterocycles. The van der Waals surface area contributed by atoms with Crippen molar-refractivity contribution in [2.75, 3.05) is 18.8 Å². The van der Waals surface area contributed by atoms with Crippen LogP contribution in [0, 0.1) is 6.92 Å². The molecule has 2 aromatic rings. The van der Waals surface area contributed by atoms with Gasteiger partial charge in [-0.25, -0.2) is 13.4 Å². The molecule has 1 aliphatic carbocycles. The summed E-state index contributed by atoms with van der Waals surface area (Å²) in [6.45, 7) is 2.41. The van der Waals surface area contributed by atoms with Crippen molar-refractivity contribution >= 4 is 27.1 Å². The number of carbonyl (C=O) groups is 1. The number of oxazole rings is 1. The Kier molecular flexibility index (Phi) is 4.88. The molecule has 2 aliphatic rings. The molecule has 0 N–H and O–H groups in total. The lowest BCUT2D eigenvalue weighted by molar-refractivity contribution is -0.131. The average Bonchev–Trinajstić information content (AvgIpc) is 3.29. The van der Waals surface area contributed by atoms with Crippen LogP contribution in [-0.4, -0.2) is 47.8 Å². The van der Waals surface area contributed by atoms with Gasteiger partial charge in [0.15, 0.2) is 9.84 Å². The molecule has 0 atom stereocenters. The van der Waals surface area contributed by atoms with Crippen LogP contribution in [0.3, 0.4) is 0 Å². The standard InChI is InChI=1S/C19H24N2O4S2/c1-14-15(20-18(25-14)16-6-5-10-26-16)12-17(22)21-9-11-27(23,24)19(13-21)7-3-2-4-8-19/h5-6,10H,2-4,7-9,11-13H2,1H3. The fourth-order valence-electron chi connectivity index (χ4n) is 4.20. The van der Waals surface area contributed by atoms with Gasteiger partial charge in [0.25, 0.3) is 0 Å². The number of amides is 1. The fourth-order valence-corrected chi connectivity index (χ4v) is 7.01. The van der Waals surface area contributed by atoms with Crippen LogP contribution in [0.25, 0.3) is 10.8 Å². The van der Waals surface area contributed by atoms with E-state index in [0.717, 1.165) is 24.1 Å². The van der Waals surface area contributed by atoms with Gasteiger partial charge in [-0.3, -0.25) is 4.79 Å². The normalized spacial score (nSPS) is 21.4. The van der Waals surface area contributed by atoms with Crippen molar-refractivity contribution < 1.29 is 17.6 Å². The van der Waals surface area contributed by atoms with Crippen LogP contribution < -0.4 is 0 Å². The van der Waals surface area contributed by atoms with Crippen LogP contribution in [0.2, 0.25) is 0 Å². The van der Waals surface area contributed by atoms with Gasteiger partial charge >= 0.3 is 0 Å². The quantitative estimate of drug-likeness (QED) is 0.779. The summed E-state index contributed by atoms with van der Waals surface area (Å²) in [5, 5.41) is 1.96. The van der Waals surface area contributed by atoms with Crippen molar-refractivity contribution in [1.82, 2.24) is 9.88 Å². The Morgan fingerprint density at radius 2 is 2.11 bits per heavy atom. The first-order valence-corrected chi connectivity index (χ1v) is 11.9. The Bertz CT molecular complexity index is 925. The van der Waals surface area contributed by atoms with E-state index < -0.39 is 14.6 Å². The lowest BCUT2D eigenvalue weighted by Crippen LogP contribution is -2.58. The number of aryl methyl sites for hydroxylation is 1. The molecule has 6 nitrogen and oxygen atoms in total. The Hall–Kier alpha value is -1.67. The third-order valence-electron chi connectivity index (χ3n) is 5.83. The molecule has 0 radical (unpaired) electrons. The third-order valence-corrected chi connectivity index (χ3v) is 9.26. The van der Waals surface area contributed by atoms with Crippen LogP contribution in [0.1, 0.15) is 43.6 Å². The van der Waals surface area contributed by atoms with Crippen LogP contribution in [0.4, 0.5) is 0 Å². The van der Waals surface area contributed by atoms with Crippen molar-refractivity contribution in [3.8, 4) is 10.8 Å². The second kappa shape index (κ2) is 7.05. The number of carbonyl (C=O) groups excluding carboxylic acids is 1. The highest BCUT2D eigenvalue weighted by Gasteiger charge is 2.49. The summed E-state index contributed by atoms with van der Waals surface area (Å²) in [5.74, 6) is 1.18. The van der Waals surface area contributed by atoms with E-state index in [-0.39, 0.29) is 24.6 Å². The van der Waals surface area contributed by atoms with Gasteiger partial charge in [-0.1, -0.05) is 25.3 Å². The molecule has 1 amide bonds. The lowest BCUT2D eigenvalue weighted by Gasteiger charge is -2.44. The highest BCUT2D eigenvalue weighted by Crippen LogP contribution is 2.39. The minimum absolute atomic E-state index is 0.0658. The van der Waals surface area contributed by atoms with Crippen molar-refractivity contribution in [2.24, 2.45) is 0 Å². The first kappa shape index (κ1) is 18.7. The van der Waals surface area contributed by atoms with Gasteiger partial charge in [0.2, 0.25) is 11.8 Å². The first-order chi connectivity index (χ1) is 12.9. The second-order valence-electron chi connectivity index (χ2n) is 7.55. The van der Waals surface area contributed by atoms with Gasteiger partial charge in [-0.15, -0.1) is 11.3 Å². The lowest BCUT2D eigenvalue weighted by atomic mass is 9.87. The first-order valence-electron chi connectivity index (χ1n) is 9.40. The molecule has 146 valence electrons. The molecule has 2 aromatic heterocycles. The van der Waals surface area contributed by atoms with E-state index in [2.05, 4.69) is 4.98 Å². The molecule has 1 saturated carbocycles. The van der Waals surface area contributed by atoms with E-state index in [9.17, 15) is 13.2 Å². The molecule has 4 rings (SSSR count). The zero-order chi connectivity index (χ0) is 19.1. The zero-order valence-electron chi connectivity index (χ0n) is 15.4. The molecule has 0 unspecified atom stereocenters. The molecule has 27 heavy (non-hydrogen) atoms. The van der Waals surface area contributed by atoms with Gasteiger partial charge in [0.1, 0.15) is 5.76 Å². The van der Waals surface area contributed by atoms with E-state index in [1.54, 1.807) is 16.2 Å². The smallest absolute Gasteiger partial charge is 0.236 e. The van der Waals surface area contributed by atoms with E-state index >= 15 is 0 Å². The van der Waals surface area contributed by atoms with E-state index in [0.29, 0.717) is 36.7 Å². The molecule has 0 aromatic carbocycles. The number of rotatable bonds is 3. The Morgan fingerprint density at radius 1 is 1.33 bits per heavy atom. The van der Waals surface area contributed by atoms with Crippen LogP contribution in [0.5, 0.6) is 0 Å². The molecule has 1 spiro atoms. The summed E-state index contributed by atoms with van der Waals surface area (Å²) in [5.41, 5.74) is 0.634. The van der Waals surface area contributed by atoms with E-state index in [1.165, 1.54) is 0 Å².